The van der Waals surface area contributed by atoms with Gasteiger partial charge >= 0.3 is 0 Å². The number of para-hydroxylation sites is 2. The Kier molecular flexibility index (Phi) is 7.16. The summed E-state index contributed by atoms with van der Waals surface area (Å²) in [5.74, 6) is -0.0554. The molecule has 25 heavy (non-hydrogen) atoms. The molecule has 1 aromatic heterocycles. The van der Waals surface area contributed by atoms with Gasteiger partial charge in [0.1, 0.15) is 0 Å². The summed E-state index contributed by atoms with van der Waals surface area (Å²) in [6, 6.07) is 23.6. The van der Waals surface area contributed by atoms with Crippen LogP contribution in [0, 0.1) is 0 Å². The van der Waals surface area contributed by atoms with Crippen LogP contribution in [0.25, 0.3) is 0 Å². The minimum Gasteiger partial charge on any atom is -1.00 e. The first kappa shape index (κ1) is 18.7. The molecule has 0 atom stereocenters. The molecular formula is C20H20BrN3O. The van der Waals surface area contributed by atoms with Gasteiger partial charge in [0.25, 0.3) is 5.91 Å². The van der Waals surface area contributed by atoms with Gasteiger partial charge in [-0.15, -0.1) is 0 Å². The first-order chi connectivity index (χ1) is 11.8. The Balaban J connectivity index is 0.00000225. The zero-order chi connectivity index (χ0) is 16.6. The zero-order valence-corrected chi connectivity index (χ0v) is 15.3. The number of aromatic nitrogens is 1. The molecule has 0 fully saturated rings. The molecule has 0 spiro atoms. The molecule has 0 saturated heterocycles. The Morgan fingerprint density at radius 2 is 1.40 bits per heavy atom. The van der Waals surface area contributed by atoms with Crippen molar-refractivity contribution in [3.05, 3.63) is 90.8 Å². The van der Waals surface area contributed by atoms with E-state index in [1.54, 1.807) is 0 Å². The van der Waals surface area contributed by atoms with E-state index in [-0.39, 0.29) is 29.4 Å². The molecule has 2 aromatic carbocycles. The van der Waals surface area contributed by atoms with Crippen LogP contribution in [-0.2, 0) is 17.9 Å². The number of carbonyl (C=O) groups is 1. The van der Waals surface area contributed by atoms with E-state index in [0.717, 1.165) is 11.4 Å². The number of nitrogens with zero attached hydrogens (tertiary/aromatic N) is 1. The SMILES string of the molecule is O=C(C[n+]1ccccc1)Nc1ccccc1NCc1ccccc1.[Br-]. The molecular weight excluding hydrogens is 378 g/mol. The molecule has 0 aliphatic carbocycles. The van der Waals surface area contributed by atoms with Crippen molar-refractivity contribution in [1.82, 2.24) is 0 Å². The maximum atomic E-state index is 12.2. The summed E-state index contributed by atoms with van der Waals surface area (Å²) in [7, 11) is 0. The Hall–Kier alpha value is -2.66. The minimum atomic E-state index is -0.0554. The van der Waals surface area contributed by atoms with E-state index in [1.807, 2.05) is 77.6 Å². The molecule has 1 heterocycles. The quantitative estimate of drug-likeness (QED) is 0.584. The lowest BCUT2D eigenvalue weighted by Gasteiger charge is -2.12. The molecule has 0 aliphatic rings. The van der Waals surface area contributed by atoms with Crippen molar-refractivity contribution >= 4 is 17.3 Å². The van der Waals surface area contributed by atoms with Gasteiger partial charge in [-0.25, -0.2) is 0 Å². The number of halogens is 1. The molecule has 2 N–H and O–H groups in total. The van der Waals surface area contributed by atoms with Crippen LogP contribution in [0.15, 0.2) is 85.2 Å². The third-order valence-electron chi connectivity index (χ3n) is 3.63. The molecule has 0 radical (unpaired) electrons. The molecule has 0 saturated carbocycles. The largest absolute Gasteiger partial charge is 1.00 e. The molecule has 128 valence electrons. The van der Waals surface area contributed by atoms with E-state index >= 15 is 0 Å². The van der Waals surface area contributed by atoms with Crippen LogP contribution in [0.2, 0.25) is 0 Å². The molecule has 0 aliphatic heterocycles. The standard InChI is InChI=1S/C20H19N3O.BrH/c24-20(16-23-13-7-2-8-14-23)22-19-12-6-5-11-18(19)21-15-17-9-3-1-4-10-17;/h1-14,21H,15-16H2;1H. The van der Waals surface area contributed by atoms with Crippen molar-refractivity contribution in [1.29, 1.82) is 0 Å². The summed E-state index contributed by atoms with van der Waals surface area (Å²) in [5, 5.41) is 6.35. The second-order valence-corrected chi connectivity index (χ2v) is 5.48. The highest BCUT2D eigenvalue weighted by atomic mass is 79.9. The summed E-state index contributed by atoms with van der Waals surface area (Å²) in [4.78, 5) is 12.2. The summed E-state index contributed by atoms with van der Waals surface area (Å²) in [6.07, 6.45) is 3.75. The number of hydrogen-bond donors (Lipinski definition) is 2. The number of benzene rings is 2. The molecule has 3 aromatic rings. The van der Waals surface area contributed by atoms with E-state index in [0.29, 0.717) is 6.54 Å². The highest BCUT2D eigenvalue weighted by molar-refractivity contribution is 5.93. The minimum absolute atomic E-state index is 0. The topological polar surface area (TPSA) is 45.0 Å². The maximum absolute atomic E-state index is 12.2. The smallest absolute Gasteiger partial charge is 0.290 e. The van der Waals surface area contributed by atoms with Gasteiger partial charge in [0.2, 0.25) is 6.54 Å². The summed E-state index contributed by atoms with van der Waals surface area (Å²) in [5.41, 5.74) is 2.89. The Labute approximate surface area is 158 Å². The summed E-state index contributed by atoms with van der Waals surface area (Å²) < 4.78 is 1.84. The van der Waals surface area contributed by atoms with Crippen LogP contribution in [0.5, 0.6) is 0 Å². The van der Waals surface area contributed by atoms with E-state index in [2.05, 4.69) is 22.8 Å². The lowest BCUT2D eigenvalue weighted by molar-refractivity contribution is -0.684. The number of rotatable bonds is 6. The molecule has 0 bridgehead atoms. The lowest BCUT2D eigenvalue weighted by atomic mass is 10.2. The van der Waals surface area contributed by atoms with Gasteiger partial charge in [0.05, 0.1) is 11.4 Å². The van der Waals surface area contributed by atoms with Crippen LogP contribution >= 0.6 is 0 Å². The average molecular weight is 398 g/mol. The second-order valence-electron chi connectivity index (χ2n) is 5.48. The van der Waals surface area contributed by atoms with Crippen molar-refractivity contribution in [2.75, 3.05) is 10.6 Å². The second kappa shape index (κ2) is 9.59. The van der Waals surface area contributed by atoms with Crippen LogP contribution < -0.4 is 32.2 Å². The highest BCUT2D eigenvalue weighted by Gasteiger charge is 2.11. The van der Waals surface area contributed by atoms with Crippen molar-refractivity contribution in [3.63, 3.8) is 0 Å². The Bertz CT molecular complexity index is 794. The first-order valence-corrected chi connectivity index (χ1v) is 7.92. The first-order valence-electron chi connectivity index (χ1n) is 7.92. The lowest BCUT2D eigenvalue weighted by Crippen LogP contribution is -3.00. The number of carbonyl (C=O) groups excluding carboxylic acids is 1. The van der Waals surface area contributed by atoms with Crippen molar-refractivity contribution < 1.29 is 26.3 Å². The Morgan fingerprint density at radius 3 is 2.12 bits per heavy atom. The molecule has 1 amide bonds. The predicted molar refractivity (Wildman–Crippen MR) is 95.5 cm³/mol. The Morgan fingerprint density at radius 1 is 0.800 bits per heavy atom. The average Bonchev–Trinajstić information content (AvgIpc) is 2.63. The van der Waals surface area contributed by atoms with Gasteiger partial charge in [-0.05, 0) is 17.7 Å². The number of anilines is 2. The molecule has 3 rings (SSSR count). The van der Waals surface area contributed by atoms with Gasteiger partial charge in [-0.3, -0.25) is 4.79 Å². The fourth-order valence-corrected chi connectivity index (χ4v) is 2.43. The maximum Gasteiger partial charge on any atom is 0.290 e. The van der Waals surface area contributed by atoms with Crippen molar-refractivity contribution in [2.24, 2.45) is 0 Å². The van der Waals surface area contributed by atoms with Gasteiger partial charge < -0.3 is 27.6 Å². The van der Waals surface area contributed by atoms with Gasteiger partial charge in [-0.2, -0.15) is 4.57 Å². The molecule has 5 heteroatoms. The third kappa shape index (κ3) is 5.72. The van der Waals surface area contributed by atoms with Crippen LogP contribution in [-0.4, -0.2) is 5.91 Å². The van der Waals surface area contributed by atoms with Crippen molar-refractivity contribution in [2.45, 2.75) is 13.1 Å². The van der Waals surface area contributed by atoms with Gasteiger partial charge in [0, 0.05) is 18.7 Å². The molecule has 0 unspecified atom stereocenters. The van der Waals surface area contributed by atoms with Crippen LogP contribution in [0.3, 0.4) is 0 Å². The highest BCUT2D eigenvalue weighted by Crippen LogP contribution is 2.21. The molecule has 4 nitrogen and oxygen atoms in total. The van der Waals surface area contributed by atoms with Crippen LogP contribution in [0.1, 0.15) is 5.56 Å². The third-order valence-corrected chi connectivity index (χ3v) is 3.63. The number of nitrogens with one attached hydrogen (secondary N) is 2. The number of pyridine rings is 1. The van der Waals surface area contributed by atoms with E-state index in [1.165, 1.54) is 5.56 Å². The van der Waals surface area contributed by atoms with Gasteiger partial charge in [-0.1, -0.05) is 48.5 Å². The fraction of sp³-hybridized carbons (Fsp3) is 0.100. The predicted octanol–water partition coefficient (Wildman–Crippen LogP) is 0.229. The van der Waals surface area contributed by atoms with Gasteiger partial charge in [0.15, 0.2) is 12.4 Å². The fourth-order valence-electron chi connectivity index (χ4n) is 2.43. The zero-order valence-electron chi connectivity index (χ0n) is 13.7. The van der Waals surface area contributed by atoms with E-state index in [4.69, 9.17) is 0 Å². The number of amides is 1. The normalized spacial score (nSPS) is 9.76. The van der Waals surface area contributed by atoms with Crippen molar-refractivity contribution in [3.8, 4) is 0 Å². The summed E-state index contributed by atoms with van der Waals surface area (Å²) >= 11 is 0. The number of hydrogen-bond acceptors (Lipinski definition) is 2. The van der Waals surface area contributed by atoms with E-state index < -0.39 is 0 Å². The van der Waals surface area contributed by atoms with Crippen LogP contribution in [0.4, 0.5) is 11.4 Å². The summed E-state index contributed by atoms with van der Waals surface area (Å²) in [6.45, 7) is 0.995. The van der Waals surface area contributed by atoms with E-state index in [9.17, 15) is 4.79 Å². The monoisotopic (exact) mass is 397 g/mol.